The van der Waals surface area contributed by atoms with E-state index in [0.29, 0.717) is 30.5 Å². The van der Waals surface area contributed by atoms with Crippen LogP contribution < -0.4 is 14.8 Å². The number of ether oxygens (including phenoxy) is 2. The van der Waals surface area contributed by atoms with Crippen LogP contribution in [0.1, 0.15) is 5.56 Å². The molecular weight excluding hydrogens is 376 g/mol. The first-order valence-corrected chi connectivity index (χ1v) is 9.69. The summed E-state index contributed by atoms with van der Waals surface area (Å²) >= 11 is 1.57. The van der Waals surface area contributed by atoms with Gasteiger partial charge in [0.15, 0.2) is 17.3 Å². The maximum atomic E-state index is 12.6. The molecule has 4 aromatic rings. The van der Waals surface area contributed by atoms with E-state index in [1.54, 1.807) is 16.8 Å². The number of hydrogen-bond acceptors (Lipinski definition) is 6. The van der Waals surface area contributed by atoms with Crippen molar-refractivity contribution in [2.75, 3.05) is 18.5 Å². The number of anilines is 1. The van der Waals surface area contributed by atoms with E-state index in [1.165, 1.54) is 0 Å². The fourth-order valence-corrected chi connectivity index (χ4v) is 3.80. The van der Waals surface area contributed by atoms with Crippen molar-refractivity contribution >= 4 is 34.0 Å². The molecule has 2 N–H and O–H groups in total. The number of thiazole rings is 1. The molecule has 2 aromatic heterocycles. The molecule has 0 aliphatic carbocycles. The van der Waals surface area contributed by atoms with Crippen LogP contribution in [0.2, 0.25) is 0 Å². The number of hydrogen-bond donors (Lipinski definition) is 2. The minimum atomic E-state index is -0.145. The predicted molar refractivity (Wildman–Crippen MR) is 107 cm³/mol. The molecule has 0 atom stereocenters. The summed E-state index contributed by atoms with van der Waals surface area (Å²) in [5.41, 5.74) is 4.55. The number of fused-ring (bicyclic) bond motifs is 2. The SMILES string of the molecule is O=C(Cc1ccc2c(c1)OCCO2)Nc1n[nH]c2ccc(-c3cncs3)cc12. The minimum Gasteiger partial charge on any atom is -0.486 e. The highest BCUT2D eigenvalue weighted by molar-refractivity contribution is 7.13. The van der Waals surface area contributed by atoms with E-state index in [9.17, 15) is 4.79 Å². The first-order valence-electron chi connectivity index (χ1n) is 8.82. The lowest BCUT2D eigenvalue weighted by atomic mass is 10.1. The standard InChI is InChI=1S/C20H16N4O3S/c25-19(8-12-1-4-16-17(7-12)27-6-5-26-16)22-20-14-9-13(18-10-21-11-28-18)2-3-15(14)23-24-20/h1-4,7,9-11H,5-6,8H2,(H2,22,23,24,25). The largest absolute Gasteiger partial charge is 0.486 e. The van der Waals surface area contributed by atoms with Gasteiger partial charge in [0.05, 0.1) is 22.3 Å². The summed E-state index contributed by atoms with van der Waals surface area (Å²) < 4.78 is 11.1. The zero-order valence-corrected chi connectivity index (χ0v) is 15.6. The average molecular weight is 392 g/mol. The molecular formula is C20H16N4O3S. The summed E-state index contributed by atoms with van der Waals surface area (Å²) in [6, 6.07) is 11.5. The Morgan fingerprint density at radius 1 is 1.14 bits per heavy atom. The molecule has 0 spiro atoms. The molecule has 8 heteroatoms. The number of nitrogens with zero attached hydrogens (tertiary/aromatic N) is 2. The monoisotopic (exact) mass is 392 g/mol. The summed E-state index contributed by atoms with van der Waals surface area (Å²) in [5, 5.41) is 11.0. The number of carbonyl (C=O) groups excluding carboxylic acids is 1. The van der Waals surface area contributed by atoms with Crippen molar-refractivity contribution in [3.8, 4) is 21.9 Å². The van der Waals surface area contributed by atoms with Crippen LogP contribution in [-0.4, -0.2) is 34.3 Å². The highest BCUT2D eigenvalue weighted by Gasteiger charge is 2.15. The third-order valence-corrected chi connectivity index (χ3v) is 5.33. The number of amides is 1. The van der Waals surface area contributed by atoms with Crippen LogP contribution in [0.3, 0.4) is 0 Å². The first-order chi connectivity index (χ1) is 13.8. The molecule has 1 aliphatic heterocycles. The van der Waals surface area contributed by atoms with E-state index in [0.717, 1.165) is 26.9 Å². The number of benzene rings is 2. The molecule has 1 aliphatic rings. The zero-order chi connectivity index (χ0) is 18.9. The molecule has 140 valence electrons. The molecule has 0 saturated heterocycles. The number of aromatic nitrogens is 3. The molecule has 0 radical (unpaired) electrons. The molecule has 0 bridgehead atoms. The summed E-state index contributed by atoms with van der Waals surface area (Å²) in [5.74, 6) is 1.76. The first kappa shape index (κ1) is 16.8. The van der Waals surface area contributed by atoms with Gasteiger partial charge in [0.2, 0.25) is 5.91 Å². The number of aromatic amines is 1. The van der Waals surface area contributed by atoms with Gasteiger partial charge in [-0.15, -0.1) is 11.3 Å². The quantitative estimate of drug-likeness (QED) is 0.554. The number of rotatable bonds is 4. The summed E-state index contributed by atoms with van der Waals surface area (Å²) in [6.45, 7) is 1.06. The maximum Gasteiger partial charge on any atom is 0.230 e. The van der Waals surface area contributed by atoms with E-state index in [-0.39, 0.29) is 12.3 Å². The molecule has 0 fully saturated rings. The lowest BCUT2D eigenvalue weighted by Gasteiger charge is -2.18. The molecule has 5 rings (SSSR count). The van der Waals surface area contributed by atoms with Crippen molar-refractivity contribution in [3.63, 3.8) is 0 Å². The lowest BCUT2D eigenvalue weighted by molar-refractivity contribution is -0.115. The van der Waals surface area contributed by atoms with Gasteiger partial charge in [0, 0.05) is 11.6 Å². The van der Waals surface area contributed by atoms with E-state index in [2.05, 4.69) is 20.5 Å². The van der Waals surface area contributed by atoms with Crippen LogP contribution in [0.15, 0.2) is 48.1 Å². The second kappa shape index (κ2) is 6.97. The van der Waals surface area contributed by atoms with Gasteiger partial charge in [-0.1, -0.05) is 12.1 Å². The second-order valence-corrected chi connectivity index (χ2v) is 7.29. The molecule has 0 unspecified atom stereocenters. The van der Waals surface area contributed by atoms with Crippen LogP contribution in [0.4, 0.5) is 5.82 Å². The topological polar surface area (TPSA) is 89.1 Å². The van der Waals surface area contributed by atoms with Crippen molar-refractivity contribution in [1.29, 1.82) is 0 Å². The van der Waals surface area contributed by atoms with Crippen molar-refractivity contribution < 1.29 is 14.3 Å². The smallest absolute Gasteiger partial charge is 0.230 e. The molecule has 2 aromatic carbocycles. The number of H-pyrrole nitrogens is 1. The second-order valence-electron chi connectivity index (χ2n) is 6.40. The van der Waals surface area contributed by atoms with Gasteiger partial charge in [0.25, 0.3) is 0 Å². The predicted octanol–water partition coefficient (Wildman–Crippen LogP) is 3.64. The maximum absolute atomic E-state index is 12.6. The van der Waals surface area contributed by atoms with E-state index >= 15 is 0 Å². The van der Waals surface area contributed by atoms with Crippen molar-refractivity contribution in [3.05, 3.63) is 53.7 Å². The third kappa shape index (κ3) is 3.18. The number of carbonyl (C=O) groups is 1. The van der Waals surface area contributed by atoms with Crippen LogP contribution in [-0.2, 0) is 11.2 Å². The summed E-state index contributed by atoms with van der Waals surface area (Å²) in [4.78, 5) is 17.7. The number of nitrogens with one attached hydrogen (secondary N) is 2. The third-order valence-electron chi connectivity index (χ3n) is 4.51. The van der Waals surface area contributed by atoms with E-state index < -0.39 is 0 Å². The Kier molecular flexibility index (Phi) is 4.17. The van der Waals surface area contributed by atoms with Gasteiger partial charge in [-0.05, 0) is 35.4 Å². The molecule has 3 heterocycles. The Morgan fingerprint density at radius 2 is 2.04 bits per heavy atom. The Morgan fingerprint density at radius 3 is 2.89 bits per heavy atom. The summed E-state index contributed by atoms with van der Waals surface area (Å²) in [6.07, 6.45) is 2.05. The zero-order valence-electron chi connectivity index (χ0n) is 14.8. The Labute approximate surface area is 164 Å². The van der Waals surface area contributed by atoms with Crippen molar-refractivity contribution in [1.82, 2.24) is 15.2 Å². The van der Waals surface area contributed by atoms with E-state index in [1.807, 2.05) is 42.6 Å². The average Bonchev–Trinajstić information content (AvgIpc) is 3.38. The highest BCUT2D eigenvalue weighted by atomic mass is 32.1. The molecule has 0 saturated carbocycles. The lowest BCUT2D eigenvalue weighted by Crippen LogP contribution is -2.17. The fraction of sp³-hybridized carbons (Fsp3) is 0.150. The van der Waals surface area contributed by atoms with Gasteiger partial charge in [-0.3, -0.25) is 14.9 Å². The molecule has 7 nitrogen and oxygen atoms in total. The van der Waals surface area contributed by atoms with E-state index in [4.69, 9.17) is 9.47 Å². The van der Waals surface area contributed by atoms with Crippen LogP contribution in [0.25, 0.3) is 21.3 Å². The minimum absolute atomic E-state index is 0.145. The van der Waals surface area contributed by atoms with Gasteiger partial charge in [-0.2, -0.15) is 5.10 Å². The fourth-order valence-electron chi connectivity index (χ4n) is 3.18. The Bertz CT molecular complexity index is 1150. The Balaban J connectivity index is 1.36. The highest BCUT2D eigenvalue weighted by Crippen LogP contribution is 2.32. The normalized spacial score (nSPS) is 12.9. The van der Waals surface area contributed by atoms with Crippen LogP contribution in [0, 0.1) is 0 Å². The van der Waals surface area contributed by atoms with Gasteiger partial charge < -0.3 is 14.8 Å². The van der Waals surface area contributed by atoms with Gasteiger partial charge >= 0.3 is 0 Å². The van der Waals surface area contributed by atoms with Gasteiger partial charge in [-0.25, -0.2) is 0 Å². The van der Waals surface area contributed by atoms with Crippen LogP contribution in [0.5, 0.6) is 11.5 Å². The Hall–Kier alpha value is -3.39. The van der Waals surface area contributed by atoms with Crippen LogP contribution >= 0.6 is 11.3 Å². The summed E-state index contributed by atoms with van der Waals surface area (Å²) in [7, 11) is 0. The molecule has 28 heavy (non-hydrogen) atoms. The van der Waals surface area contributed by atoms with Crippen molar-refractivity contribution in [2.45, 2.75) is 6.42 Å². The van der Waals surface area contributed by atoms with Gasteiger partial charge in [0.1, 0.15) is 13.2 Å². The van der Waals surface area contributed by atoms with Crippen molar-refractivity contribution in [2.24, 2.45) is 0 Å². The molecule has 1 amide bonds.